The van der Waals surface area contributed by atoms with Crippen molar-refractivity contribution >= 4 is 11.6 Å². The van der Waals surface area contributed by atoms with Gasteiger partial charge in [-0.25, -0.2) is 8.78 Å². The van der Waals surface area contributed by atoms with E-state index in [1.165, 1.54) is 4.90 Å². The normalized spacial score (nSPS) is 10.5. The van der Waals surface area contributed by atoms with Crippen LogP contribution in [0.4, 0.5) is 14.5 Å². The highest BCUT2D eigenvalue weighted by atomic mass is 19.1. The average Bonchev–Trinajstić information content (AvgIpc) is 2.44. The van der Waals surface area contributed by atoms with E-state index in [1.807, 2.05) is 31.2 Å². The first-order chi connectivity index (χ1) is 9.88. The molecule has 0 saturated heterocycles. The van der Waals surface area contributed by atoms with Gasteiger partial charge < -0.3 is 10.6 Å². The molecular formula is C16H16F2N2O. The molecule has 21 heavy (non-hydrogen) atoms. The molecule has 3 nitrogen and oxygen atoms in total. The van der Waals surface area contributed by atoms with Gasteiger partial charge in [-0.3, -0.25) is 4.79 Å². The number of nitrogen functional groups attached to an aromatic ring is 1. The minimum Gasteiger partial charge on any atom is -0.396 e. The number of amides is 1. The predicted molar refractivity (Wildman–Crippen MR) is 77.7 cm³/mol. The van der Waals surface area contributed by atoms with Gasteiger partial charge in [0.05, 0.1) is 11.3 Å². The highest BCUT2D eigenvalue weighted by Crippen LogP contribution is 2.18. The van der Waals surface area contributed by atoms with E-state index >= 15 is 0 Å². The molecule has 0 radical (unpaired) electrons. The summed E-state index contributed by atoms with van der Waals surface area (Å²) >= 11 is 0. The molecule has 1 amide bonds. The summed E-state index contributed by atoms with van der Waals surface area (Å²) in [6, 6.07) is 9.32. The molecule has 2 N–H and O–H groups in total. The van der Waals surface area contributed by atoms with Crippen LogP contribution >= 0.6 is 0 Å². The largest absolute Gasteiger partial charge is 0.396 e. The van der Waals surface area contributed by atoms with Crippen LogP contribution < -0.4 is 5.73 Å². The first-order valence-corrected chi connectivity index (χ1v) is 6.44. The van der Waals surface area contributed by atoms with Crippen LogP contribution in [0.5, 0.6) is 0 Å². The van der Waals surface area contributed by atoms with Crippen LogP contribution in [0.1, 0.15) is 21.5 Å². The maximum atomic E-state index is 13.7. The summed E-state index contributed by atoms with van der Waals surface area (Å²) in [5.41, 5.74) is 6.94. The molecule has 0 fully saturated rings. The lowest BCUT2D eigenvalue weighted by Crippen LogP contribution is -2.27. The van der Waals surface area contributed by atoms with E-state index in [9.17, 15) is 13.6 Å². The fourth-order valence-corrected chi connectivity index (χ4v) is 1.97. The summed E-state index contributed by atoms with van der Waals surface area (Å²) in [5.74, 6) is -2.33. The Balaban J connectivity index is 2.19. The van der Waals surface area contributed by atoms with Gasteiger partial charge in [0.25, 0.3) is 5.91 Å². The Kier molecular flexibility index (Phi) is 4.21. The number of rotatable bonds is 3. The first-order valence-electron chi connectivity index (χ1n) is 6.44. The zero-order valence-corrected chi connectivity index (χ0v) is 11.9. The molecule has 0 spiro atoms. The fourth-order valence-electron chi connectivity index (χ4n) is 1.97. The van der Waals surface area contributed by atoms with E-state index in [2.05, 4.69) is 0 Å². The summed E-state index contributed by atoms with van der Waals surface area (Å²) < 4.78 is 26.8. The Hall–Kier alpha value is -2.43. The van der Waals surface area contributed by atoms with E-state index < -0.39 is 17.5 Å². The summed E-state index contributed by atoms with van der Waals surface area (Å²) in [6.45, 7) is 2.30. The molecule has 110 valence electrons. The van der Waals surface area contributed by atoms with Gasteiger partial charge in [-0.1, -0.05) is 29.8 Å². The molecule has 0 unspecified atom stereocenters. The Morgan fingerprint density at radius 1 is 1.14 bits per heavy atom. The van der Waals surface area contributed by atoms with Crippen molar-refractivity contribution in [3.05, 3.63) is 64.7 Å². The minimum atomic E-state index is -0.914. The number of hydrogen-bond donors (Lipinski definition) is 1. The topological polar surface area (TPSA) is 46.3 Å². The Morgan fingerprint density at radius 2 is 1.76 bits per heavy atom. The van der Waals surface area contributed by atoms with Gasteiger partial charge in [0.15, 0.2) is 0 Å². The number of benzene rings is 2. The number of carbonyl (C=O) groups excluding carboxylic acids is 1. The van der Waals surface area contributed by atoms with Crippen molar-refractivity contribution in [1.82, 2.24) is 4.90 Å². The smallest absolute Gasteiger partial charge is 0.256 e. The predicted octanol–water partition coefficient (Wildman–Crippen LogP) is 3.13. The number of carbonyl (C=O) groups is 1. The molecule has 0 atom stereocenters. The second-order valence-corrected chi connectivity index (χ2v) is 5.00. The maximum Gasteiger partial charge on any atom is 0.256 e. The van der Waals surface area contributed by atoms with Crippen LogP contribution in [0.15, 0.2) is 36.4 Å². The van der Waals surface area contributed by atoms with Crippen LogP contribution in [-0.4, -0.2) is 17.9 Å². The molecular weight excluding hydrogens is 274 g/mol. The maximum absolute atomic E-state index is 13.7. The van der Waals surface area contributed by atoms with Gasteiger partial charge in [-0.15, -0.1) is 0 Å². The van der Waals surface area contributed by atoms with E-state index in [-0.39, 0.29) is 11.3 Å². The first kappa shape index (κ1) is 15.0. The van der Waals surface area contributed by atoms with E-state index in [0.717, 1.165) is 17.2 Å². The summed E-state index contributed by atoms with van der Waals surface area (Å²) in [5, 5.41) is 0. The minimum absolute atomic E-state index is 0.233. The average molecular weight is 290 g/mol. The summed E-state index contributed by atoms with van der Waals surface area (Å²) in [7, 11) is 1.56. The zero-order valence-electron chi connectivity index (χ0n) is 11.9. The summed E-state index contributed by atoms with van der Waals surface area (Å²) in [4.78, 5) is 13.6. The standard InChI is InChI=1S/C16H16F2N2O/c1-10-3-5-11(6-4-10)9-20(2)16(21)12-7-15(19)14(18)8-13(12)17/h3-8H,9,19H2,1-2H3. The Labute approximate surface area is 122 Å². The third kappa shape index (κ3) is 3.37. The van der Waals surface area contributed by atoms with Crippen molar-refractivity contribution in [2.75, 3.05) is 12.8 Å². The second-order valence-electron chi connectivity index (χ2n) is 5.00. The highest BCUT2D eigenvalue weighted by molar-refractivity contribution is 5.95. The number of hydrogen-bond acceptors (Lipinski definition) is 2. The van der Waals surface area contributed by atoms with Crippen LogP contribution in [-0.2, 0) is 6.54 Å². The van der Waals surface area contributed by atoms with Crippen LogP contribution in [0, 0.1) is 18.6 Å². The number of aryl methyl sites for hydroxylation is 1. The SMILES string of the molecule is Cc1ccc(CN(C)C(=O)c2cc(N)c(F)cc2F)cc1. The lowest BCUT2D eigenvalue weighted by Gasteiger charge is -2.18. The van der Waals surface area contributed by atoms with Crippen LogP contribution in [0.2, 0.25) is 0 Å². The number of nitrogens with two attached hydrogens (primary N) is 1. The van der Waals surface area contributed by atoms with Crippen molar-refractivity contribution in [3.8, 4) is 0 Å². The number of anilines is 1. The molecule has 0 aromatic heterocycles. The molecule has 0 aliphatic rings. The van der Waals surface area contributed by atoms with Crippen molar-refractivity contribution in [1.29, 1.82) is 0 Å². The van der Waals surface area contributed by atoms with E-state index in [4.69, 9.17) is 5.73 Å². The van der Waals surface area contributed by atoms with Crippen molar-refractivity contribution in [2.24, 2.45) is 0 Å². The Bertz CT molecular complexity index is 669. The van der Waals surface area contributed by atoms with Gasteiger partial charge in [0.2, 0.25) is 0 Å². The lowest BCUT2D eigenvalue weighted by atomic mass is 10.1. The fraction of sp³-hybridized carbons (Fsp3) is 0.188. The monoisotopic (exact) mass is 290 g/mol. The van der Waals surface area contributed by atoms with E-state index in [0.29, 0.717) is 12.6 Å². The second kappa shape index (κ2) is 5.91. The zero-order chi connectivity index (χ0) is 15.6. The molecule has 0 bridgehead atoms. The number of nitrogens with zero attached hydrogens (tertiary/aromatic N) is 1. The molecule has 2 aromatic carbocycles. The quantitative estimate of drug-likeness (QED) is 0.883. The summed E-state index contributed by atoms with van der Waals surface area (Å²) in [6.07, 6.45) is 0. The van der Waals surface area contributed by atoms with Crippen molar-refractivity contribution in [3.63, 3.8) is 0 Å². The molecule has 0 aliphatic heterocycles. The van der Waals surface area contributed by atoms with Gasteiger partial charge in [0.1, 0.15) is 11.6 Å². The third-order valence-corrected chi connectivity index (χ3v) is 3.20. The Morgan fingerprint density at radius 3 is 2.38 bits per heavy atom. The lowest BCUT2D eigenvalue weighted by molar-refractivity contribution is 0.0780. The van der Waals surface area contributed by atoms with Crippen LogP contribution in [0.25, 0.3) is 0 Å². The van der Waals surface area contributed by atoms with Gasteiger partial charge in [0, 0.05) is 19.7 Å². The third-order valence-electron chi connectivity index (χ3n) is 3.20. The van der Waals surface area contributed by atoms with Gasteiger partial charge >= 0.3 is 0 Å². The van der Waals surface area contributed by atoms with Crippen LogP contribution in [0.3, 0.4) is 0 Å². The highest BCUT2D eigenvalue weighted by Gasteiger charge is 2.18. The molecule has 5 heteroatoms. The van der Waals surface area contributed by atoms with Gasteiger partial charge in [-0.05, 0) is 18.6 Å². The molecule has 2 aromatic rings. The molecule has 0 aliphatic carbocycles. The van der Waals surface area contributed by atoms with E-state index in [1.54, 1.807) is 7.05 Å². The van der Waals surface area contributed by atoms with Crippen molar-refractivity contribution < 1.29 is 13.6 Å². The number of halogens is 2. The van der Waals surface area contributed by atoms with Crippen molar-refractivity contribution in [2.45, 2.75) is 13.5 Å². The molecule has 2 rings (SSSR count). The van der Waals surface area contributed by atoms with Gasteiger partial charge in [-0.2, -0.15) is 0 Å². The molecule has 0 heterocycles. The molecule has 0 saturated carbocycles.